The molecular formula is C10H12N4S. The van der Waals surface area contributed by atoms with Gasteiger partial charge in [0.15, 0.2) is 0 Å². The van der Waals surface area contributed by atoms with Crippen molar-refractivity contribution in [2.45, 2.75) is 0 Å². The fourth-order valence-corrected chi connectivity index (χ4v) is 1.91. The molecule has 5 heteroatoms. The largest absolute Gasteiger partial charge is 0.369 e. The van der Waals surface area contributed by atoms with Crippen LogP contribution >= 0.6 is 11.3 Å². The van der Waals surface area contributed by atoms with Gasteiger partial charge in [-0.2, -0.15) is 0 Å². The van der Waals surface area contributed by atoms with Gasteiger partial charge >= 0.3 is 0 Å². The molecule has 0 aromatic carbocycles. The van der Waals surface area contributed by atoms with Crippen molar-refractivity contribution in [2.24, 2.45) is 5.73 Å². The van der Waals surface area contributed by atoms with Crippen molar-refractivity contribution < 1.29 is 0 Å². The number of nitrogens with two attached hydrogens (primary N) is 1. The van der Waals surface area contributed by atoms with E-state index in [0.29, 0.717) is 6.54 Å². The standard InChI is InChI=1S/C10H12N4S/c11-3-4-12-10-6-8(13-7-14-10)9-2-1-5-15-9/h1-2,5-7H,3-4,11H2,(H,12,13,14). The lowest BCUT2D eigenvalue weighted by Gasteiger charge is -2.03. The smallest absolute Gasteiger partial charge is 0.130 e. The van der Waals surface area contributed by atoms with Gasteiger partial charge in [0, 0.05) is 19.2 Å². The van der Waals surface area contributed by atoms with E-state index in [4.69, 9.17) is 5.73 Å². The van der Waals surface area contributed by atoms with Crippen molar-refractivity contribution in [3.63, 3.8) is 0 Å². The first-order valence-corrected chi connectivity index (χ1v) is 5.58. The molecule has 0 aliphatic rings. The van der Waals surface area contributed by atoms with Crippen LogP contribution < -0.4 is 11.1 Å². The molecule has 2 aromatic rings. The van der Waals surface area contributed by atoms with Gasteiger partial charge in [-0.1, -0.05) is 6.07 Å². The van der Waals surface area contributed by atoms with Crippen molar-refractivity contribution in [3.05, 3.63) is 29.9 Å². The molecular weight excluding hydrogens is 208 g/mol. The van der Waals surface area contributed by atoms with Crippen molar-refractivity contribution >= 4 is 17.2 Å². The van der Waals surface area contributed by atoms with Crippen LogP contribution in [0.3, 0.4) is 0 Å². The van der Waals surface area contributed by atoms with Crippen molar-refractivity contribution in [1.82, 2.24) is 9.97 Å². The molecule has 0 aliphatic heterocycles. The summed E-state index contributed by atoms with van der Waals surface area (Å²) in [6.45, 7) is 1.32. The van der Waals surface area contributed by atoms with Gasteiger partial charge in [-0.3, -0.25) is 0 Å². The van der Waals surface area contributed by atoms with E-state index in [1.54, 1.807) is 17.7 Å². The third-order valence-electron chi connectivity index (χ3n) is 1.89. The summed E-state index contributed by atoms with van der Waals surface area (Å²) in [6, 6.07) is 5.98. The molecule has 0 atom stereocenters. The third-order valence-corrected chi connectivity index (χ3v) is 2.78. The molecule has 2 rings (SSSR count). The first-order valence-electron chi connectivity index (χ1n) is 4.70. The zero-order chi connectivity index (χ0) is 10.5. The molecule has 2 aromatic heterocycles. The van der Waals surface area contributed by atoms with Gasteiger partial charge in [0.25, 0.3) is 0 Å². The molecule has 78 valence electrons. The second-order valence-corrected chi connectivity index (χ2v) is 3.93. The predicted octanol–water partition coefficient (Wildman–Crippen LogP) is 1.58. The zero-order valence-electron chi connectivity index (χ0n) is 8.18. The number of nitrogens with zero attached hydrogens (tertiary/aromatic N) is 2. The molecule has 0 bridgehead atoms. The Hall–Kier alpha value is -1.46. The first kappa shape index (κ1) is 10.1. The van der Waals surface area contributed by atoms with Crippen LogP contribution in [0.15, 0.2) is 29.9 Å². The Balaban J connectivity index is 2.19. The average Bonchev–Trinajstić information content (AvgIpc) is 2.80. The summed E-state index contributed by atoms with van der Waals surface area (Å²) in [4.78, 5) is 9.48. The fourth-order valence-electron chi connectivity index (χ4n) is 1.21. The van der Waals surface area contributed by atoms with Gasteiger partial charge in [-0.05, 0) is 11.4 Å². The highest BCUT2D eigenvalue weighted by Crippen LogP contribution is 2.23. The maximum absolute atomic E-state index is 5.41. The summed E-state index contributed by atoms with van der Waals surface area (Å²) >= 11 is 1.67. The lowest BCUT2D eigenvalue weighted by molar-refractivity contribution is 1.01. The fraction of sp³-hybridized carbons (Fsp3) is 0.200. The molecule has 0 saturated carbocycles. The quantitative estimate of drug-likeness (QED) is 0.821. The summed E-state index contributed by atoms with van der Waals surface area (Å²) in [6.07, 6.45) is 1.56. The minimum atomic E-state index is 0.596. The molecule has 2 heterocycles. The number of thiophene rings is 1. The maximum atomic E-state index is 5.41. The molecule has 15 heavy (non-hydrogen) atoms. The van der Waals surface area contributed by atoms with Gasteiger partial charge in [-0.15, -0.1) is 11.3 Å². The Morgan fingerprint density at radius 1 is 1.40 bits per heavy atom. The van der Waals surface area contributed by atoms with Crippen LogP contribution in [0.5, 0.6) is 0 Å². The second kappa shape index (κ2) is 4.86. The van der Waals surface area contributed by atoms with Crippen LogP contribution in [0.25, 0.3) is 10.6 Å². The summed E-state index contributed by atoms with van der Waals surface area (Å²) in [5.74, 6) is 0.818. The minimum absolute atomic E-state index is 0.596. The normalized spacial score (nSPS) is 10.2. The van der Waals surface area contributed by atoms with Crippen molar-refractivity contribution in [1.29, 1.82) is 0 Å². The SMILES string of the molecule is NCCNc1cc(-c2cccs2)ncn1. The van der Waals surface area contributed by atoms with Crippen LogP contribution in [0, 0.1) is 0 Å². The van der Waals surface area contributed by atoms with Gasteiger partial charge in [0.1, 0.15) is 12.1 Å². The number of aromatic nitrogens is 2. The van der Waals surface area contributed by atoms with Crippen molar-refractivity contribution in [3.8, 4) is 10.6 Å². The lowest BCUT2D eigenvalue weighted by atomic mass is 10.3. The molecule has 0 amide bonds. The van der Waals surface area contributed by atoms with Crippen LogP contribution in [0.1, 0.15) is 0 Å². The van der Waals surface area contributed by atoms with Gasteiger partial charge in [-0.25, -0.2) is 9.97 Å². The Morgan fingerprint density at radius 2 is 2.33 bits per heavy atom. The molecule has 0 unspecified atom stereocenters. The first-order chi connectivity index (χ1) is 7.40. The minimum Gasteiger partial charge on any atom is -0.369 e. The number of anilines is 1. The Labute approximate surface area is 92.2 Å². The van der Waals surface area contributed by atoms with E-state index in [1.807, 2.05) is 23.6 Å². The van der Waals surface area contributed by atoms with Crippen molar-refractivity contribution in [2.75, 3.05) is 18.4 Å². The van der Waals surface area contributed by atoms with Crippen LogP contribution in [-0.4, -0.2) is 23.1 Å². The van der Waals surface area contributed by atoms with E-state index in [9.17, 15) is 0 Å². The molecule has 0 radical (unpaired) electrons. The number of hydrogen-bond acceptors (Lipinski definition) is 5. The van der Waals surface area contributed by atoms with E-state index in [-0.39, 0.29) is 0 Å². The van der Waals surface area contributed by atoms with E-state index < -0.39 is 0 Å². The predicted molar refractivity (Wildman–Crippen MR) is 62.9 cm³/mol. The summed E-state index contributed by atoms with van der Waals surface area (Å²) in [5, 5.41) is 5.16. The highest BCUT2D eigenvalue weighted by molar-refractivity contribution is 7.13. The second-order valence-electron chi connectivity index (χ2n) is 2.98. The highest BCUT2D eigenvalue weighted by atomic mass is 32.1. The van der Waals surface area contributed by atoms with Crippen LogP contribution in [0.2, 0.25) is 0 Å². The summed E-state index contributed by atoms with van der Waals surface area (Å²) in [5.41, 5.74) is 6.35. The maximum Gasteiger partial charge on any atom is 0.130 e. The molecule has 4 nitrogen and oxygen atoms in total. The Bertz CT molecular complexity index is 413. The average molecular weight is 220 g/mol. The van der Waals surface area contributed by atoms with Gasteiger partial charge in [0.2, 0.25) is 0 Å². The molecule has 0 spiro atoms. The van der Waals surface area contributed by atoms with E-state index in [0.717, 1.165) is 22.9 Å². The summed E-state index contributed by atoms with van der Waals surface area (Å²) < 4.78 is 0. The monoisotopic (exact) mass is 220 g/mol. The zero-order valence-corrected chi connectivity index (χ0v) is 9.00. The van der Waals surface area contributed by atoms with Crippen LogP contribution in [-0.2, 0) is 0 Å². The molecule has 3 N–H and O–H groups in total. The number of rotatable bonds is 4. The van der Waals surface area contributed by atoms with Gasteiger partial charge in [0.05, 0.1) is 10.6 Å². The Morgan fingerprint density at radius 3 is 3.07 bits per heavy atom. The van der Waals surface area contributed by atoms with Gasteiger partial charge < -0.3 is 11.1 Å². The lowest BCUT2D eigenvalue weighted by Crippen LogP contribution is -2.13. The van der Waals surface area contributed by atoms with Crippen LogP contribution in [0.4, 0.5) is 5.82 Å². The van der Waals surface area contributed by atoms with E-state index in [1.165, 1.54) is 0 Å². The van der Waals surface area contributed by atoms with E-state index >= 15 is 0 Å². The van der Waals surface area contributed by atoms with E-state index in [2.05, 4.69) is 15.3 Å². The topological polar surface area (TPSA) is 63.8 Å². The number of hydrogen-bond donors (Lipinski definition) is 2. The molecule has 0 aliphatic carbocycles. The highest BCUT2D eigenvalue weighted by Gasteiger charge is 2.01. The summed E-state index contributed by atoms with van der Waals surface area (Å²) in [7, 11) is 0. The Kier molecular flexibility index (Phi) is 3.26. The third kappa shape index (κ3) is 2.51. The molecule has 0 fully saturated rings. The number of nitrogens with one attached hydrogen (secondary N) is 1. The molecule has 0 saturated heterocycles.